The van der Waals surface area contributed by atoms with Gasteiger partial charge < -0.3 is 14.8 Å². The van der Waals surface area contributed by atoms with Gasteiger partial charge in [0.25, 0.3) is 0 Å². The molecule has 0 unspecified atom stereocenters. The van der Waals surface area contributed by atoms with E-state index in [2.05, 4.69) is 24.4 Å². The molecule has 0 saturated heterocycles. The number of rotatable bonds is 9. The second kappa shape index (κ2) is 9.02. The van der Waals surface area contributed by atoms with Crippen LogP contribution in [0, 0.1) is 0 Å². The van der Waals surface area contributed by atoms with Gasteiger partial charge in [-0.3, -0.25) is 0 Å². The quantitative estimate of drug-likeness (QED) is 0.668. The number of nitrogens with one attached hydrogen (secondary N) is 1. The lowest BCUT2D eigenvalue weighted by atomic mass is 10.1. The highest BCUT2D eigenvalue weighted by Crippen LogP contribution is 2.12. The number of hydrogen-bond acceptors (Lipinski definition) is 3. The molecule has 1 aromatic carbocycles. The minimum absolute atomic E-state index is 0.767. The van der Waals surface area contributed by atoms with Crippen molar-refractivity contribution in [2.45, 2.75) is 19.8 Å². The summed E-state index contributed by atoms with van der Waals surface area (Å²) < 4.78 is 10.7. The van der Waals surface area contributed by atoms with Crippen molar-refractivity contribution in [2.75, 3.05) is 33.4 Å². The molecule has 0 amide bonds. The molecule has 0 fully saturated rings. The van der Waals surface area contributed by atoms with E-state index in [-0.39, 0.29) is 0 Å². The van der Waals surface area contributed by atoms with Gasteiger partial charge in [0.05, 0.1) is 13.2 Å². The highest BCUT2D eigenvalue weighted by Gasteiger charge is 1.95. The average molecular weight is 237 g/mol. The first kappa shape index (κ1) is 14.0. The molecule has 0 bridgehead atoms. The summed E-state index contributed by atoms with van der Waals surface area (Å²) in [6.07, 6.45) is 2.00. The first-order valence-electron chi connectivity index (χ1n) is 6.28. The van der Waals surface area contributed by atoms with E-state index in [1.165, 1.54) is 5.56 Å². The fraction of sp³-hybridized carbons (Fsp3) is 0.571. The summed E-state index contributed by atoms with van der Waals surface area (Å²) in [5, 5.41) is 3.27. The lowest BCUT2D eigenvalue weighted by Gasteiger charge is -2.07. The smallest absolute Gasteiger partial charge is 0.119 e. The van der Waals surface area contributed by atoms with Crippen LogP contribution in [0.2, 0.25) is 0 Å². The molecule has 0 aliphatic heterocycles. The minimum atomic E-state index is 0.767. The first-order chi connectivity index (χ1) is 8.36. The predicted octanol–water partition coefficient (Wildman–Crippen LogP) is 2.25. The Hall–Kier alpha value is -1.06. The van der Waals surface area contributed by atoms with Gasteiger partial charge in [0, 0.05) is 7.11 Å². The summed E-state index contributed by atoms with van der Waals surface area (Å²) >= 11 is 0. The monoisotopic (exact) mass is 237 g/mol. The molecule has 0 atom stereocenters. The van der Waals surface area contributed by atoms with Gasteiger partial charge in [0.1, 0.15) is 5.75 Å². The number of methoxy groups -OCH3 is 1. The zero-order valence-electron chi connectivity index (χ0n) is 10.9. The number of benzene rings is 1. The normalized spacial score (nSPS) is 10.5. The summed E-state index contributed by atoms with van der Waals surface area (Å²) in [6.45, 7) is 5.68. The Balaban J connectivity index is 2.20. The van der Waals surface area contributed by atoms with Crippen molar-refractivity contribution in [1.82, 2.24) is 5.32 Å². The molecule has 0 spiro atoms. The maximum atomic E-state index is 5.64. The third-order valence-corrected chi connectivity index (χ3v) is 2.53. The molecular formula is C14H23NO2. The molecule has 3 nitrogen and oxygen atoms in total. The summed E-state index contributed by atoms with van der Waals surface area (Å²) in [4.78, 5) is 0. The highest BCUT2D eigenvalue weighted by atomic mass is 16.5. The Morgan fingerprint density at radius 1 is 1.12 bits per heavy atom. The topological polar surface area (TPSA) is 30.5 Å². The Morgan fingerprint density at radius 3 is 2.53 bits per heavy atom. The van der Waals surface area contributed by atoms with Crippen molar-refractivity contribution in [3.8, 4) is 5.75 Å². The zero-order valence-corrected chi connectivity index (χ0v) is 10.9. The molecule has 0 heterocycles. The molecule has 0 aromatic heterocycles. The van der Waals surface area contributed by atoms with Crippen molar-refractivity contribution in [2.24, 2.45) is 0 Å². The van der Waals surface area contributed by atoms with Gasteiger partial charge in [0.2, 0.25) is 0 Å². The fourth-order valence-corrected chi connectivity index (χ4v) is 1.54. The average Bonchev–Trinajstić information content (AvgIpc) is 2.37. The molecule has 0 radical (unpaired) electrons. The maximum absolute atomic E-state index is 5.64. The van der Waals surface area contributed by atoms with Crippen LogP contribution < -0.4 is 10.1 Å². The molecule has 1 rings (SSSR count). The molecule has 3 heteroatoms. The zero-order chi connectivity index (χ0) is 12.3. The lowest BCUT2D eigenvalue weighted by Crippen LogP contribution is -2.16. The van der Waals surface area contributed by atoms with E-state index >= 15 is 0 Å². The highest BCUT2D eigenvalue weighted by molar-refractivity contribution is 5.27. The van der Waals surface area contributed by atoms with Crippen LogP contribution >= 0.6 is 0 Å². The van der Waals surface area contributed by atoms with E-state index in [9.17, 15) is 0 Å². The van der Waals surface area contributed by atoms with E-state index in [1.807, 2.05) is 12.1 Å². The van der Waals surface area contributed by atoms with Crippen molar-refractivity contribution in [3.05, 3.63) is 29.8 Å². The maximum Gasteiger partial charge on any atom is 0.119 e. The van der Waals surface area contributed by atoms with Gasteiger partial charge in [-0.15, -0.1) is 0 Å². The molecule has 0 aliphatic carbocycles. The van der Waals surface area contributed by atoms with Gasteiger partial charge >= 0.3 is 0 Å². The number of ether oxygens (including phenoxy) is 2. The van der Waals surface area contributed by atoms with Crippen molar-refractivity contribution >= 4 is 0 Å². The fourth-order valence-electron chi connectivity index (χ4n) is 1.54. The molecule has 1 aromatic rings. The van der Waals surface area contributed by atoms with Crippen molar-refractivity contribution in [1.29, 1.82) is 0 Å². The lowest BCUT2D eigenvalue weighted by molar-refractivity contribution is 0.202. The van der Waals surface area contributed by atoms with Crippen LogP contribution in [0.3, 0.4) is 0 Å². The van der Waals surface area contributed by atoms with Gasteiger partial charge in [-0.05, 0) is 43.6 Å². The summed E-state index contributed by atoms with van der Waals surface area (Å²) in [5.41, 5.74) is 1.28. The van der Waals surface area contributed by atoms with Gasteiger partial charge in [0.15, 0.2) is 0 Å². The van der Waals surface area contributed by atoms with Crippen LogP contribution in [-0.4, -0.2) is 33.4 Å². The second-order valence-corrected chi connectivity index (χ2v) is 3.94. The number of hydrogen-bond donors (Lipinski definition) is 1. The summed E-state index contributed by atoms with van der Waals surface area (Å²) in [6, 6.07) is 8.24. The Morgan fingerprint density at radius 2 is 1.88 bits per heavy atom. The van der Waals surface area contributed by atoms with Gasteiger partial charge in [-0.1, -0.05) is 19.1 Å². The Kier molecular flexibility index (Phi) is 7.43. The summed E-state index contributed by atoms with van der Waals surface area (Å²) in [7, 11) is 1.72. The molecule has 17 heavy (non-hydrogen) atoms. The van der Waals surface area contributed by atoms with E-state index < -0.39 is 0 Å². The van der Waals surface area contributed by atoms with Crippen LogP contribution in [0.25, 0.3) is 0 Å². The van der Waals surface area contributed by atoms with Crippen LogP contribution in [0.15, 0.2) is 24.3 Å². The largest absolute Gasteiger partial charge is 0.494 e. The van der Waals surface area contributed by atoms with Crippen LogP contribution in [-0.2, 0) is 11.2 Å². The summed E-state index contributed by atoms with van der Waals surface area (Å²) in [5.74, 6) is 0.947. The van der Waals surface area contributed by atoms with E-state index in [1.54, 1.807) is 7.11 Å². The Labute approximate surface area is 104 Å². The van der Waals surface area contributed by atoms with Crippen molar-refractivity contribution < 1.29 is 9.47 Å². The van der Waals surface area contributed by atoms with Gasteiger partial charge in [-0.2, -0.15) is 0 Å². The first-order valence-corrected chi connectivity index (χ1v) is 6.28. The van der Waals surface area contributed by atoms with E-state index in [4.69, 9.17) is 9.47 Å². The standard InChI is InChI=1S/C14H23NO2/c1-3-15-10-4-11-17-14-7-5-13(6-8-14)9-12-16-2/h5-8,15H,3-4,9-12H2,1-2H3. The van der Waals surface area contributed by atoms with E-state index in [0.29, 0.717) is 0 Å². The minimum Gasteiger partial charge on any atom is -0.494 e. The van der Waals surface area contributed by atoms with E-state index in [0.717, 1.165) is 44.9 Å². The molecule has 0 aliphatic rings. The van der Waals surface area contributed by atoms with Crippen molar-refractivity contribution in [3.63, 3.8) is 0 Å². The molecule has 1 N–H and O–H groups in total. The third-order valence-electron chi connectivity index (χ3n) is 2.53. The molecule has 0 saturated carbocycles. The second-order valence-electron chi connectivity index (χ2n) is 3.94. The predicted molar refractivity (Wildman–Crippen MR) is 70.7 cm³/mol. The SMILES string of the molecule is CCNCCCOc1ccc(CCOC)cc1. The Bertz CT molecular complexity index is 285. The van der Waals surface area contributed by atoms with Gasteiger partial charge in [-0.25, -0.2) is 0 Å². The molecule has 96 valence electrons. The molecular weight excluding hydrogens is 214 g/mol. The van der Waals surface area contributed by atoms with Crippen LogP contribution in [0.4, 0.5) is 0 Å². The van der Waals surface area contributed by atoms with Crippen LogP contribution in [0.1, 0.15) is 18.9 Å². The third kappa shape index (κ3) is 6.29. The van der Waals surface area contributed by atoms with Crippen LogP contribution in [0.5, 0.6) is 5.75 Å².